The predicted octanol–water partition coefficient (Wildman–Crippen LogP) is 1.08. The quantitative estimate of drug-likeness (QED) is 0.851. The molecule has 6 heteroatoms. The normalized spacial score (nSPS) is 23.4. The highest BCUT2D eigenvalue weighted by Gasteiger charge is 2.38. The van der Waals surface area contributed by atoms with Gasteiger partial charge in [0.05, 0.1) is 11.6 Å². The molecule has 1 saturated heterocycles. The second-order valence-corrected chi connectivity index (χ2v) is 4.83. The molecule has 6 nitrogen and oxygen atoms in total. The second kappa shape index (κ2) is 4.44. The molecule has 1 aliphatic rings. The molecular weight excluding hydrogens is 236 g/mol. The van der Waals surface area contributed by atoms with Crippen LogP contribution in [0.4, 0.5) is 0 Å². The Bertz CT molecular complexity index is 475. The first-order valence-electron chi connectivity index (χ1n) is 5.86. The molecule has 1 aromatic rings. The van der Waals surface area contributed by atoms with Crippen LogP contribution in [0.1, 0.15) is 28.7 Å². The minimum absolute atomic E-state index is 0.0353. The number of carbonyl (C=O) groups is 2. The maximum absolute atomic E-state index is 12.3. The number of aliphatic carboxylic acids is 1. The summed E-state index contributed by atoms with van der Waals surface area (Å²) in [6, 6.07) is 0. The average Bonchev–Trinajstić information content (AvgIpc) is 2.82. The fraction of sp³-hybridized carbons (Fsp3) is 0.583. The van der Waals surface area contributed by atoms with Crippen molar-refractivity contribution < 1.29 is 19.2 Å². The molecule has 1 aliphatic heterocycles. The molecule has 1 N–H and O–H groups in total. The molecular formula is C12H16N2O4. The van der Waals surface area contributed by atoms with E-state index in [1.54, 1.807) is 18.7 Å². The zero-order valence-corrected chi connectivity index (χ0v) is 10.6. The van der Waals surface area contributed by atoms with E-state index in [0.29, 0.717) is 23.6 Å². The van der Waals surface area contributed by atoms with Gasteiger partial charge in [0.15, 0.2) is 0 Å². The highest BCUT2D eigenvalue weighted by molar-refractivity contribution is 5.96. The third-order valence-corrected chi connectivity index (χ3v) is 3.46. The molecule has 0 aromatic carbocycles. The van der Waals surface area contributed by atoms with Gasteiger partial charge in [0.25, 0.3) is 5.91 Å². The van der Waals surface area contributed by atoms with Gasteiger partial charge in [-0.1, -0.05) is 12.1 Å². The summed E-state index contributed by atoms with van der Waals surface area (Å²) < 4.78 is 4.96. The van der Waals surface area contributed by atoms with Crippen molar-refractivity contribution in [3.05, 3.63) is 17.0 Å². The van der Waals surface area contributed by atoms with E-state index >= 15 is 0 Å². The van der Waals surface area contributed by atoms with E-state index in [1.165, 1.54) is 0 Å². The summed E-state index contributed by atoms with van der Waals surface area (Å²) in [7, 11) is 0. The van der Waals surface area contributed by atoms with Crippen LogP contribution >= 0.6 is 0 Å². The van der Waals surface area contributed by atoms with Gasteiger partial charge in [-0.15, -0.1) is 0 Å². The number of carbonyl (C=O) groups excluding carboxylic acids is 1. The molecule has 0 saturated carbocycles. The minimum atomic E-state index is -0.850. The van der Waals surface area contributed by atoms with Gasteiger partial charge >= 0.3 is 5.97 Å². The van der Waals surface area contributed by atoms with Crippen LogP contribution in [0.2, 0.25) is 0 Å². The number of carboxylic acids is 1. The monoisotopic (exact) mass is 252 g/mol. The largest absolute Gasteiger partial charge is 0.481 e. The SMILES string of the molecule is Cc1noc(C)c1C(=O)N1C[C@@H](C)[C@H](C(=O)O)C1. The topological polar surface area (TPSA) is 83.6 Å². The third-order valence-electron chi connectivity index (χ3n) is 3.46. The first-order chi connectivity index (χ1) is 8.41. The van der Waals surface area contributed by atoms with Crippen molar-refractivity contribution in [3.63, 3.8) is 0 Å². The lowest BCUT2D eigenvalue weighted by Gasteiger charge is -2.15. The standard InChI is InChI=1S/C12H16N2O4/c1-6-4-14(5-9(6)12(16)17)11(15)10-7(2)13-18-8(10)3/h6,9H,4-5H2,1-3H3,(H,16,17)/t6-,9-/m1/s1. The van der Waals surface area contributed by atoms with Crippen molar-refractivity contribution in [1.29, 1.82) is 0 Å². The number of hydrogen-bond donors (Lipinski definition) is 1. The zero-order valence-electron chi connectivity index (χ0n) is 10.6. The molecule has 18 heavy (non-hydrogen) atoms. The molecule has 2 heterocycles. The van der Waals surface area contributed by atoms with Crippen molar-refractivity contribution in [2.45, 2.75) is 20.8 Å². The molecule has 98 valence electrons. The van der Waals surface area contributed by atoms with E-state index in [2.05, 4.69) is 5.16 Å². The van der Waals surface area contributed by atoms with E-state index in [-0.39, 0.29) is 18.4 Å². The van der Waals surface area contributed by atoms with Crippen molar-refractivity contribution in [2.24, 2.45) is 11.8 Å². The van der Waals surface area contributed by atoms with E-state index in [1.807, 2.05) is 6.92 Å². The van der Waals surface area contributed by atoms with Crippen LogP contribution in [-0.2, 0) is 4.79 Å². The highest BCUT2D eigenvalue weighted by Crippen LogP contribution is 2.26. The van der Waals surface area contributed by atoms with Crippen molar-refractivity contribution in [3.8, 4) is 0 Å². The van der Waals surface area contributed by atoms with E-state index in [4.69, 9.17) is 9.63 Å². The molecule has 0 bridgehead atoms. The van der Waals surface area contributed by atoms with Gasteiger partial charge in [-0.25, -0.2) is 0 Å². The van der Waals surface area contributed by atoms with E-state index < -0.39 is 11.9 Å². The number of aromatic nitrogens is 1. The molecule has 0 spiro atoms. The van der Waals surface area contributed by atoms with Crippen LogP contribution in [0.5, 0.6) is 0 Å². The summed E-state index contributed by atoms with van der Waals surface area (Å²) in [4.78, 5) is 24.9. The third kappa shape index (κ3) is 1.98. The lowest BCUT2D eigenvalue weighted by Crippen LogP contribution is -2.30. The van der Waals surface area contributed by atoms with Gasteiger partial charge < -0.3 is 14.5 Å². The molecule has 0 radical (unpaired) electrons. The Balaban J connectivity index is 2.20. The second-order valence-electron chi connectivity index (χ2n) is 4.83. The van der Waals surface area contributed by atoms with E-state index in [0.717, 1.165) is 0 Å². The summed E-state index contributed by atoms with van der Waals surface area (Å²) in [5, 5.41) is 12.8. The van der Waals surface area contributed by atoms with Gasteiger partial charge in [0.2, 0.25) is 0 Å². The Morgan fingerprint density at radius 1 is 1.39 bits per heavy atom. The van der Waals surface area contributed by atoms with Crippen molar-refractivity contribution in [2.75, 3.05) is 13.1 Å². The number of hydrogen-bond acceptors (Lipinski definition) is 4. The maximum Gasteiger partial charge on any atom is 0.308 e. The number of aryl methyl sites for hydroxylation is 2. The molecule has 1 amide bonds. The van der Waals surface area contributed by atoms with Crippen LogP contribution in [0.25, 0.3) is 0 Å². The number of likely N-dealkylation sites (tertiary alicyclic amines) is 1. The van der Waals surface area contributed by atoms with Crippen molar-refractivity contribution in [1.82, 2.24) is 10.1 Å². The first-order valence-corrected chi connectivity index (χ1v) is 5.86. The summed E-state index contributed by atoms with van der Waals surface area (Å²) in [6.45, 7) is 5.94. The summed E-state index contributed by atoms with van der Waals surface area (Å²) in [6.07, 6.45) is 0. The fourth-order valence-corrected chi connectivity index (χ4v) is 2.40. The number of carboxylic acid groups (broad SMARTS) is 1. The van der Waals surface area contributed by atoms with Crippen molar-refractivity contribution >= 4 is 11.9 Å². The number of nitrogens with zero attached hydrogens (tertiary/aromatic N) is 2. The Morgan fingerprint density at radius 2 is 2.06 bits per heavy atom. The van der Waals surface area contributed by atoms with Crippen LogP contribution in [0.3, 0.4) is 0 Å². The fourth-order valence-electron chi connectivity index (χ4n) is 2.40. The zero-order chi connectivity index (χ0) is 13.4. The van der Waals surface area contributed by atoms with Crippen LogP contribution in [0, 0.1) is 25.7 Å². The maximum atomic E-state index is 12.3. The smallest absolute Gasteiger partial charge is 0.308 e. The van der Waals surface area contributed by atoms with Crippen LogP contribution in [-0.4, -0.2) is 40.1 Å². The Morgan fingerprint density at radius 3 is 2.50 bits per heavy atom. The first kappa shape index (κ1) is 12.6. The van der Waals surface area contributed by atoms with Gasteiger partial charge in [0, 0.05) is 13.1 Å². The van der Waals surface area contributed by atoms with Gasteiger partial charge in [-0.05, 0) is 19.8 Å². The summed E-state index contributed by atoms with van der Waals surface area (Å²) >= 11 is 0. The summed E-state index contributed by atoms with van der Waals surface area (Å²) in [5.74, 6) is -1.09. The summed E-state index contributed by atoms with van der Waals surface area (Å²) in [5.41, 5.74) is 0.997. The highest BCUT2D eigenvalue weighted by atomic mass is 16.5. The Kier molecular flexibility index (Phi) is 3.11. The van der Waals surface area contributed by atoms with Gasteiger partial charge in [-0.3, -0.25) is 9.59 Å². The average molecular weight is 252 g/mol. The number of amides is 1. The lowest BCUT2D eigenvalue weighted by molar-refractivity contribution is -0.142. The number of rotatable bonds is 2. The minimum Gasteiger partial charge on any atom is -0.481 e. The Labute approximate surface area is 105 Å². The lowest BCUT2D eigenvalue weighted by atomic mass is 9.99. The molecule has 2 atom stereocenters. The molecule has 1 aromatic heterocycles. The molecule has 1 fully saturated rings. The van der Waals surface area contributed by atoms with Crippen LogP contribution < -0.4 is 0 Å². The molecule has 0 aliphatic carbocycles. The van der Waals surface area contributed by atoms with E-state index in [9.17, 15) is 9.59 Å². The molecule has 2 rings (SSSR count). The van der Waals surface area contributed by atoms with Gasteiger partial charge in [-0.2, -0.15) is 0 Å². The van der Waals surface area contributed by atoms with Gasteiger partial charge in [0.1, 0.15) is 11.3 Å². The predicted molar refractivity (Wildman–Crippen MR) is 62.2 cm³/mol. The molecule has 0 unspecified atom stereocenters. The van der Waals surface area contributed by atoms with Crippen LogP contribution in [0.15, 0.2) is 4.52 Å². The Hall–Kier alpha value is -1.85.